The number of ketones is 1. The molecule has 3 aliphatic carbocycles. The van der Waals surface area contributed by atoms with E-state index < -0.39 is 16.0 Å². The largest absolute Gasteiger partial charge is 1.00 e. The van der Waals surface area contributed by atoms with Gasteiger partial charge in [0.25, 0.3) is 11.4 Å². The zero-order valence-electron chi connectivity index (χ0n) is 29.9. The summed E-state index contributed by atoms with van der Waals surface area (Å²) in [5, 5.41) is 54.3. The SMILES string of the molecule is CO.CO.Nc1ccc2c(c1)C(O)CCC2.O=C1CCCc2ccc([N+](=O)[O-])cc21.O=[N+]([O-])c1ccc2c(c1)C(O)CCC2.[B].[CH3-].[H-].[H-].[Na+].[Pd]. The van der Waals surface area contributed by atoms with Crippen LogP contribution in [0.5, 0.6) is 0 Å². The molecule has 6 rings (SSSR count). The van der Waals surface area contributed by atoms with Crippen molar-refractivity contribution in [1.29, 1.82) is 0 Å². The summed E-state index contributed by atoms with van der Waals surface area (Å²) in [5.41, 5.74) is 12.0. The molecule has 48 heavy (non-hydrogen) atoms. The third-order valence-electron chi connectivity index (χ3n) is 7.53. The van der Waals surface area contributed by atoms with Crippen LogP contribution in [0.4, 0.5) is 17.1 Å². The van der Waals surface area contributed by atoms with Crippen molar-refractivity contribution in [2.24, 2.45) is 0 Å². The number of aryl methyl sites for hydroxylation is 3. The molecule has 12 nitrogen and oxygen atoms in total. The number of Topliss-reactive ketones (excluding diaryl/α,β-unsaturated/α-hetero) is 1. The van der Waals surface area contributed by atoms with Crippen LogP contribution >= 0.6 is 0 Å². The number of nitrogens with zero attached hydrogens (tertiary/aromatic N) is 2. The molecular weight excluding hydrogens is 723 g/mol. The fourth-order valence-corrected chi connectivity index (χ4v) is 5.40. The summed E-state index contributed by atoms with van der Waals surface area (Å²) in [5.74, 6) is 0.0231. The molecule has 3 radical (unpaired) electrons. The summed E-state index contributed by atoms with van der Waals surface area (Å²) >= 11 is 0. The Bertz CT molecular complexity index is 1460. The number of carbonyl (C=O) groups is 1. The average Bonchev–Trinajstić information content (AvgIpc) is 3.04. The van der Waals surface area contributed by atoms with Gasteiger partial charge in [-0.05, 0) is 91.3 Å². The summed E-state index contributed by atoms with van der Waals surface area (Å²) in [6, 6.07) is 15.1. The molecule has 0 spiro atoms. The predicted octanol–water partition coefficient (Wildman–Crippen LogP) is 2.23. The number of nitrogens with two attached hydrogens (primary N) is 1. The van der Waals surface area contributed by atoms with E-state index in [-0.39, 0.29) is 91.9 Å². The Balaban J connectivity index is -0.000000183. The molecule has 0 aliphatic heterocycles. The van der Waals surface area contributed by atoms with E-state index in [2.05, 4.69) is 0 Å². The zero-order chi connectivity index (χ0) is 32.8. The second kappa shape index (κ2) is 25.5. The molecule has 2 unspecified atom stereocenters. The Morgan fingerprint density at radius 2 is 1.12 bits per heavy atom. The van der Waals surface area contributed by atoms with Gasteiger partial charge < -0.3 is 36.4 Å². The quantitative estimate of drug-likeness (QED) is 0.0844. The topological polar surface area (TPSA) is 210 Å². The van der Waals surface area contributed by atoms with E-state index >= 15 is 0 Å². The zero-order valence-corrected chi connectivity index (χ0v) is 31.5. The van der Waals surface area contributed by atoms with Crippen LogP contribution in [-0.2, 0) is 39.7 Å². The van der Waals surface area contributed by atoms with E-state index in [1.54, 1.807) is 12.1 Å². The molecule has 3 aromatic carbocycles. The van der Waals surface area contributed by atoms with Crippen LogP contribution in [0.2, 0.25) is 0 Å². The van der Waals surface area contributed by atoms with Gasteiger partial charge in [0.05, 0.1) is 22.1 Å². The summed E-state index contributed by atoms with van der Waals surface area (Å²) in [7, 11) is 2.00. The standard InChI is InChI=1S/C10H11NO3.C10H9NO3.C10H13NO.2CH4O.CH3.B.Na.Pd.2H/c2*12-10-3-1-2-7-4-5-8(11(13)14)6-9(7)10;11-8-5-4-7-2-1-3-10(12)9(7)6-8;2*1-2;;;;;;/h4-6,10,12H,1-3H2;4-6H,1-3H2;4-6,10,12H,1-3,11H2;2*2H,1H3;1H3;;;;;/q;;;;;-1;;+1;;2*-1. The number of non-ortho nitro benzene ring substituents is 2. The Morgan fingerprint density at radius 3 is 1.62 bits per heavy atom. The van der Waals surface area contributed by atoms with Crippen LogP contribution in [0.3, 0.4) is 0 Å². The van der Waals surface area contributed by atoms with Crippen molar-refractivity contribution in [3.8, 4) is 0 Å². The molecule has 3 aromatic rings. The number of nitro benzene ring substituents is 2. The predicted molar refractivity (Wildman–Crippen MR) is 181 cm³/mol. The van der Waals surface area contributed by atoms with Crippen molar-refractivity contribution < 1.29 is 87.9 Å². The Labute approximate surface area is 323 Å². The molecule has 0 fully saturated rings. The normalized spacial score (nSPS) is 16.0. The molecule has 0 amide bonds. The minimum absolute atomic E-state index is 0. The van der Waals surface area contributed by atoms with E-state index in [9.17, 15) is 35.2 Å². The van der Waals surface area contributed by atoms with Crippen molar-refractivity contribution >= 4 is 31.3 Å². The molecule has 6 N–H and O–H groups in total. The molecule has 3 aliphatic rings. The summed E-state index contributed by atoms with van der Waals surface area (Å²) in [6.45, 7) is 0. The van der Waals surface area contributed by atoms with Gasteiger partial charge >= 0.3 is 29.6 Å². The van der Waals surface area contributed by atoms with E-state index in [0.717, 1.165) is 87.1 Å². The first-order chi connectivity index (χ1) is 21.1. The smallest absolute Gasteiger partial charge is 1.00 e. The number of carbonyl (C=O) groups excluding carboxylic acids is 1. The van der Waals surface area contributed by atoms with Gasteiger partial charge in [-0.25, -0.2) is 0 Å². The number of hydrogen-bond donors (Lipinski definition) is 5. The van der Waals surface area contributed by atoms with Crippen LogP contribution in [0.15, 0.2) is 54.6 Å². The Kier molecular flexibility index (Phi) is 26.5. The van der Waals surface area contributed by atoms with Crippen LogP contribution in [0, 0.1) is 27.7 Å². The minimum atomic E-state index is -0.529. The molecule has 0 saturated heterocycles. The van der Waals surface area contributed by atoms with Gasteiger partial charge in [-0.3, -0.25) is 25.0 Å². The van der Waals surface area contributed by atoms with Crippen LogP contribution in [-0.4, -0.2) is 58.7 Å². The van der Waals surface area contributed by atoms with E-state index in [4.69, 9.17) is 15.9 Å². The van der Waals surface area contributed by atoms with Gasteiger partial charge in [-0.2, -0.15) is 0 Å². The molecule has 263 valence electrons. The number of aliphatic hydroxyl groups is 4. The first kappa shape index (κ1) is 49.9. The Morgan fingerprint density at radius 1 is 0.708 bits per heavy atom. The monoisotopic (exact) mass is 768 g/mol. The summed E-state index contributed by atoms with van der Waals surface area (Å²) in [4.78, 5) is 31.5. The fourth-order valence-electron chi connectivity index (χ4n) is 5.40. The van der Waals surface area contributed by atoms with Crippen molar-refractivity contribution in [1.82, 2.24) is 0 Å². The molecule has 0 heterocycles. The third kappa shape index (κ3) is 14.2. The minimum Gasteiger partial charge on any atom is -1.00 e. The van der Waals surface area contributed by atoms with Crippen LogP contribution in [0.1, 0.15) is 91.8 Å². The number of anilines is 1. The maximum Gasteiger partial charge on any atom is 1.00 e. The van der Waals surface area contributed by atoms with Gasteiger partial charge in [0.15, 0.2) is 5.78 Å². The molecule has 0 saturated carbocycles. The molecule has 15 heteroatoms. The second-order valence-electron chi connectivity index (χ2n) is 10.3. The number of aliphatic hydroxyl groups excluding tert-OH is 4. The molecular formula is C33H46BN3NaO9Pd-2. The molecule has 0 bridgehead atoms. The molecule has 0 aromatic heterocycles. The van der Waals surface area contributed by atoms with Gasteiger partial charge in [-0.15, -0.1) is 0 Å². The first-order valence-electron chi connectivity index (χ1n) is 14.4. The second-order valence-corrected chi connectivity index (χ2v) is 10.3. The number of hydrogen-bond acceptors (Lipinski definition) is 10. The third-order valence-corrected chi connectivity index (χ3v) is 7.53. The van der Waals surface area contributed by atoms with Gasteiger partial charge in [0.1, 0.15) is 0 Å². The number of nitro groups is 2. The van der Waals surface area contributed by atoms with Crippen LogP contribution in [0.25, 0.3) is 0 Å². The van der Waals surface area contributed by atoms with E-state index in [1.807, 2.05) is 18.2 Å². The fraction of sp³-hybridized carbons (Fsp3) is 0.394. The van der Waals surface area contributed by atoms with Crippen molar-refractivity contribution in [3.63, 3.8) is 0 Å². The van der Waals surface area contributed by atoms with Crippen molar-refractivity contribution in [2.75, 3.05) is 20.0 Å². The van der Waals surface area contributed by atoms with Crippen molar-refractivity contribution in [2.45, 2.75) is 70.0 Å². The van der Waals surface area contributed by atoms with Gasteiger partial charge in [0.2, 0.25) is 0 Å². The average molecular weight is 769 g/mol. The number of fused-ring (bicyclic) bond motifs is 3. The van der Waals surface area contributed by atoms with E-state index in [1.165, 1.54) is 29.8 Å². The Hall–Kier alpha value is -2.50. The maximum absolute atomic E-state index is 11.4. The molecule has 2 atom stereocenters. The maximum atomic E-state index is 11.4. The first-order valence-corrected chi connectivity index (χ1v) is 14.4. The van der Waals surface area contributed by atoms with Gasteiger partial charge in [0, 0.05) is 85.0 Å². The number of benzene rings is 3. The van der Waals surface area contributed by atoms with Gasteiger partial charge in [-0.1, -0.05) is 18.2 Å². The van der Waals surface area contributed by atoms with E-state index in [0.29, 0.717) is 18.4 Å². The summed E-state index contributed by atoms with van der Waals surface area (Å²) in [6.07, 6.45) is 6.97. The van der Waals surface area contributed by atoms with Crippen molar-refractivity contribution in [3.05, 3.63) is 116 Å². The number of rotatable bonds is 2. The number of nitrogen functional groups attached to an aromatic ring is 1. The van der Waals surface area contributed by atoms with Crippen LogP contribution < -0.4 is 35.3 Å². The summed E-state index contributed by atoms with van der Waals surface area (Å²) < 4.78 is 0.